The van der Waals surface area contributed by atoms with E-state index in [9.17, 15) is 4.79 Å². The lowest BCUT2D eigenvalue weighted by atomic mass is 10.3. The maximum atomic E-state index is 11.9. The maximum absolute atomic E-state index is 11.9. The van der Waals surface area contributed by atoms with Crippen LogP contribution in [-0.4, -0.2) is 44.2 Å². The Morgan fingerprint density at radius 1 is 1.50 bits per heavy atom. The van der Waals surface area contributed by atoms with Crippen LogP contribution in [-0.2, 0) is 9.53 Å². The second kappa shape index (κ2) is 7.26. The molecule has 0 bridgehead atoms. The fraction of sp³-hybridized carbons (Fsp3) is 0.533. The molecule has 3 N–H and O–H groups in total. The van der Waals surface area contributed by atoms with Gasteiger partial charge in [-0.2, -0.15) is 0 Å². The molecule has 110 valence electrons. The maximum Gasteiger partial charge on any atom is 0.238 e. The molecule has 0 radical (unpaired) electrons. The molecular formula is C15H23N3O2. The van der Waals surface area contributed by atoms with Crippen LogP contribution in [0.2, 0.25) is 0 Å². The number of rotatable bonds is 8. The van der Waals surface area contributed by atoms with Crippen LogP contribution < -0.4 is 11.1 Å². The fourth-order valence-corrected chi connectivity index (χ4v) is 1.90. The van der Waals surface area contributed by atoms with Crippen molar-refractivity contribution in [1.29, 1.82) is 0 Å². The second-order valence-corrected chi connectivity index (χ2v) is 5.43. The minimum Gasteiger partial charge on any atom is -0.399 e. The van der Waals surface area contributed by atoms with Crippen LogP contribution in [0.1, 0.15) is 12.8 Å². The van der Waals surface area contributed by atoms with Crippen LogP contribution in [0.25, 0.3) is 0 Å². The Morgan fingerprint density at radius 2 is 2.30 bits per heavy atom. The van der Waals surface area contributed by atoms with Gasteiger partial charge in [0, 0.05) is 24.5 Å². The van der Waals surface area contributed by atoms with Crippen LogP contribution >= 0.6 is 0 Å². The van der Waals surface area contributed by atoms with Crippen LogP contribution in [0.15, 0.2) is 24.3 Å². The van der Waals surface area contributed by atoms with E-state index >= 15 is 0 Å². The summed E-state index contributed by atoms with van der Waals surface area (Å²) >= 11 is 0. The van der Waals surface area contributed by atoms with Crippen LogP contribution in [0.4, 0.5) is 11.4 Å². The third-order valence-corrected chi connectivity index (χ3v) is 3.25. The van der Waals surface area contributed by atoms with Crippen LogP contribution in [0.5, 0.6) is 0 Å². The largest absolute Gasteiger partial charge is 0.399 e. The first-order valence-electron chi connectivity index (χ1n) is 7.05. The van der Waals surface area contributed by atoms with E-state index in [2.05, 4.69) is 5.32 Å². The van der Waals surface area contributed by atoms with E-state index in [4.69, 9.17) is 10.5 Å². The molecule has 5 nitrogen and oxygen atoms in total. The molecule has 1 aromatic rings. The van der Waals surface area contributed by atoms with Crippen LogP contribution in [0, 0.1) is 5.92 Å². The summed E-state index contributed by atoms with van der Waals surface area (Å²) in [5, 5.41) is 2.83. The summed E-state index contributed by atoms with van der Waals surface area (Å²) in [4.78, 5) is 13.8. The number of likely N-dealkylation sites (N-methyl/N-ethyl adjacent to an activating group) is 1. The standard InChI is InChI=1S/C15H23N3O2/c1-18(7-8-20-11-12-5-6-12)10-15(19)17-14-4-2-3-13(16)9-14/h2-4,9,12H,5-8,10-11,16H2,1H3,(H,17,19). The molecule has 2 rings (SSSR count). The van der Waals surface area contributed by atoms with Gasteiger partial charge in [0.05, 0.1) is 13.2 Å². The Morgan fingerprint density at radius 3 is 3.00 bits per heavy atom. The van der Waals surface area contributed by atoms with Gasteiger partial charge in [0.1, 0.15) is 0 Å². The number of ether oxygens (including phenoxy) is 1. The third kappa shape index (κ3) is 5.59. The average molecular weight is 277 g/mol. The smallest absolute Gasteiger partial charge is 0.238 e. The predicted octanol–water partition coefficient (Wildman–Crippen LogP) is 1.57. The van der Waals surface area contributed by atoms with Crippen molar-refractivity contribution in [1.82, 2.24) is 4.90 Å². The van der Waals surface area contributed by atoms with Crippen molar-refractivity contribution in [3.63, 3.8) is 0 Å². The van der Waals surface area contributed by atoms with Crippen molar-refractivity contribution in [3.05, 3.63) is 24.3 Å². The first kappa shape index (κ1) is 14.8. The van der Waals surface area contributed by atoms with E-state index in [1.54, 1.807) is 12.1 Å². The van der Waals surface area contributed by atoms with Gasteiger partial charge in [-0.1, -0.05) is 6.07 Å². The van der Waals surface area contributed by atoms with Crippen molar-refractivity contribution in [3.8, 4) is 0 Å². The molecule has 0 atom stereocenters. The number of anilines is 2. The Labute approximate surface area is 120 Å². The predicted molar refractivity (Wildman–Crippen MR) is 80.5 cm³/mol. The summed E-state index contributed by atoms with van der Waals surface area (Å²) in [6, 6.07) is 7.18. The van der Waals surface area contributed by atoms with E-state index in [-0.39, 0.29) is 5.91 Å². The van der Waals surface area contributed by atoms with Crippen molar-refractivity contribution >= 4 is 17.3 Å². The number of carbonyl (C=O) groups excluding carboxylic acids is 1. The van der Waals surface area contributed by atoms with Gasteiger partial charge in [0.2, 0.25) is 5.91 Å². The fourth-order valence-electron chi connectivity index (χ4n) is 1.90. The zero-order valence-electron chi connectivity index (χ0n) is 12.0. The number of nitrogen functional groups attached to an aromatic ring is 1. The highest BCUT2D eigenvalue weighted by Gasteiger charge is 2.21. The van der Waals surface area contributed by atoms with Gasteiger partial charge in [-0.25, -0.2) is 0 Å². The highest BCUT2D eigenvalue weighted by atomic mass is 16.5. The Bertz CT molecular complexity index is 446. The molecule has 1 fully saturated rings. The first-order valence-corrected chi connectivity index (χ1v) is 7.05. The van der Waals surface area contributed by atoms with Gasteiger partial charge in [0.25, 0.3) is 0 Å². The second-order valence-electron chi connectivity index (χ2n) is 5.43. The van der Waals surface area contributed by atoms with Gasteiger partial charge < -0.3 is 15.8 Å². The van der Waals surface area contributed by atoms with Gasteiger partial charge >= 0.3 is 0 Å². The van der Waals surface area contributed by atoms with Gasteiger partial charge in [0.15, 0.2) is 0 Å². The average Bonchev–Trinajstić information content (AvgIpc) is 3.18. The zero-order chi connectivity index (χ0) is 14.4. The van der Waals surface area contributed by atoms with Gasteiger partial charge in [-0.3, -0.25) is 9.69 Å². The SMILES string of the molecule is CN(CCOCC1CC1)CC(=O)Nc1cccc(N)c1. The molecule has 0 spiro atoms. The first-order chi connectivity index (χ1) is 9.63. The van der Waals surface area contributed by atoms with E-state index in [0.717, 1.165) is 24.8 Å². The molecule has 0 unspecified atom stereocenters. The summed E-state index contributed by atoms with van der Waals surface area (Å²) in [7, 11) is 1.92. The van der Waals surface area contributed by atoms with E-state index in [1.165, 1.54) is 12.8 Å². The van der Waals surface area contributed by atoms with Gasteiger partial charge in [-0.05, 0) is 44.0 Å². The molecule has 1 aromatic carbocycles. The number of hydrogen-bond donors (Lipinski definition) is 2. The molecule has 1 saturated carbocycles. The van der Waals surface area contributed by atoms with E-state index in [1.807, 2.05) is 24.1 Å². The topological polar surface area (TPSA) is 67.6 Å². The molecule has 0 heterocycles. The summed E-state index contributed by atoms with van der Waals surface area (Å²) in [5.74, 6) is 0.743. The summed E-state index contributed by atoms with van der Waals surface area (Å²) in [5.41, 5.74) is 7.04. The number of nitrogens with two attached hydrogens (primary N) is 1. The minimum absolute atomic E-state index is 0.0414. The van der Waals surface area contributed by atoms with Crippen molar-refractivity contribution < 1.29 is 9.53 Å². The molecule has 5 heteroatoms. The van der Waals surface area contributed by atoms with Crippen LogP contribution in [0.3, 0.4) is 0 Å². The van der Waals surface area contributed by atoms with Crippen molar-refractivity contribution in [2.45, 2.75) is 12.8 Å². The number of hydrogen-bond acceptors (Lipinski definition) is 4. The zero-order valence-corrected chi connectivity index (χ0v) is 12.0. The highest BCUT2D eigenvalue weighted by Crippen LogP contribution is 2.28. The Hall–Kier alpha value is -1.59. The number of carbonyl (C=O) groups is 1. The van der Waals surface area contributed by atoms with Gasteiger partial charge in [-0.15, -0.1) is 0 Å². The summed E-state index contributed by atoms with van der Waals surface area (Å²) < 4.78 is 5.55. The molecular weight excluding hydrogens is 254 g/mol. The Balaban J connectivity index is 1.62. The van der Waals surface area contributed by atoms with E-state index < -0.39 is 0 Å². The summed E-state index contributed by atoms with van der Waals surface area (Å²) in [6.07, 6.45) is 2.61. The molecule has 0 aromatic heterocycles. The Kier molecular flexibility index (Phi) is 5.38. The van der Waals surface area contributed by atoms with E-state index in [0.29, 0.717) is 18.8 Å². The number of amides is 1. The quantitative estimate of drug-likeness (QED) is 0.559. The molecule has 1 aliphatic carbocycles. The molecule has 1 amide bonds. The normalized spacial score (nSPS) is 14.5. The lowest BCUT2D eigenvalue weighted by Crippen LogP contribution is -2.32. The molecule has 0 saturated heterocycles. The monoisotopic (exact) mass is 277 g/mol. The number of nitrogens with zero attached hydrogens (tertiary/aromatic N) is 1. The number of nitrogens with one attached hydrogen (secondary N) is 1. The molecule has 0 aliphatic heterocycles. The third-order valence-electron chi connectivity index (χ3n) is 3.25. The molecule has 20 heavy (non-hydrogen) atoms. The lowest BCUT2D eigenvalue weighted by molar-refractivity contribution is -0.117. The summed E-state index contributed by atoms with van der Waals surface area (Å²) in [6.45, 7) is 2.65. The number of benzene rings is 1. The minimum atomic E-state index is -0.0414. The van der Waals surface area contributed by atoms with Crippen molar-refractivity contribution in [2.24, 2.45) is 5.92 Å². The molecule has 1 aliphatic rings. The lowest BCUT2D eigenvalue weighted by Gasteiger charge is -2.16. The van der Waals surface area contributed by atoms with Crippen molar-refractivity contribution in [2.75, 3.05) is 44.4 Å². The highest BCUT2D eigenvalue weighted by molar-refractivity contribution is 5.92.